The van der Waals surface area contributed by atoms with E-state index in [0.717, 1.165) is 38.3 Å². The van der Waals surface area contributed by atoms with Crippen molar-refractivity contribution in [2.75, 3.05) is 29.9 Å². The van der Waals surface area contributed by atoms with Crippen LogP contribution in [0.25, 0.3) is 0 Å². The molecule has 2 aliphatic heterocycles. The topological polar surface area (TPSA) is 44.4 Å². The number of nitrogens with one attached hydrogen (secondary N) is 2. The standard InChI is InChI=1S/C13H17N3O/c1-9(17)15-12-3-2-10-8-14-5-7-16-6-4-11(12)13(10)16/h2-3,14H,4-8H2,1H3,(H,15,17). The second kappa shape index (κ2) is 4.04. The predicted molar refractivity (Wildman–Crippen MR) is 68.4 cm³/mol. The molecule has 1 aromatic carbocycles. The lowest BCUT2D eigenvalue weighted by molar-refractivity contribution is -0.114. The molecule has 2 aliphatic rings. The van der Waals surface area contributed by atoms with Gasteiger partial charge in [0.2, 0.25) is 5.91 Å². The van der Waals surface area contributed by atoms with Crippen molar-refractivity contribution < 1.29 is 4.79 Å². The van der Waals surface area contributed by atoms with Crippen LogP contribution in [-0.4, -0.2) is 25.5 Å². The Hall–Kier alpha value is -1.55. The number of hydrogen-bond acceptors (Lipinski definition) is 3. The third-order valence-corrected chi connectivity index (χ3v) is 3.50. The first kappa shape index (κ1) is 10.6. The third kappa shape index (κ3) is 1.78. The minimum absolute atomic E-state index is 0.00592. The van der Waals surface area contributed by atoms with Crippen LogP contribution in [0.1, 0.15) is 18.1 Å². The Balaban J connectivity index is 2.07. The molecule has 0 spiro atoms. The van der Waals surface area contributed by atoms with E-state index in [4.69, 9.17) is 0 Å². The third-order valence-electron chi connectivity index (χ3n) is 3.50. The lowest BCUT2D eigenvalue weighted by Gasteiger charge is -2.19. The minimum atomic E-state index is 0.00592. The first-order chi connectivity index (χ1) is 8.25. The Bertz CT molecular complexity index is 470. The average molecular weight is 231 g/mol. The van der Waals surface area contributed by atoms with Crippen molar-refractivity contribution in [1.82, 2.24) is 5.32 Å². The summed E-state index contributed by atoms with van der Waals surface area (Å²) >= 11 is 0. The highest BCUT2D eigenvalue weighted by Crippen LogP contribution is 2.37. The van der Waals surface area contributed by atoms with Crippen molar-refractivity contribution in [3.05, 3.63) is 23.3 Å². The van der Waals surface area contributed by atoms with Gasteiger partial charge in [-0.05, 0) is 18.1 Å². The first-order valence-corrected chi connectivity index (χ1v) is 6.14. The molecule has 90 valence electrons. The van der Waals surface area contributed by atoms with Crippen LogP contribution in [0, 0.1) is 0 Å². The average Bonchev–Trinajstić information content (AvgIpc) is 2.60. The molecule has 0 atom stereocenters. The summed E-state index contributed by atoms with van der Waals surface area (Å²) in [7, 11) is 0. The van der Waals surface area contributed by atoms with E-state index in [0.29, 0.717) is 0 Å². The number of anilines is 2. The SMILES string of the molecule is CC(=O)Nc1ccc2c3c1CCN3CCNC2. The fourth-order valence-electron chi connectivity index (χ4n) is 2.80. The number of amides is 1. The van der Waals surface area contributed by atoms with Gasteiger partial charge in [-0.1, -0.05) is 6.07 Å². The van der Waals surface area contributed by atoms with Crippen molar-refractivity contribution >= 4 is 17.3 Å². The molecule has 0 aliphatic carbocycles. The fourth-order valence-corrected chi connectivity index (χ4v) is 2.80. The van der Waals surface area contributed by atoms with Gasteiger partial charge in [0.05, 0.1) is 0 Å². The van der Waals surface area contributed by atoms with Crippen LogP contribution in [0.2, 0.25) is 0 Å². The van der Waals surface area contributed by atoms with Gasteiger partial charge in [-0.3, -0.25) is 4.79 Å². The lowest BCUT2D eigenvalue weighted by atomic mass is 10.0. The predicted octanol–water partition coefficient (Wildman–Crippen LogP) is 1.11. The van der Waals surface area contributed by atoms with Crippen molar-refractivity contribution in [3.63, 3.8) is 0 Å². The zero-order valence-corrected chi connectivity index (χ0v) is 10.0. The zero-order valence-electron chi connectivity index (χ0n) is 10.0. The van der Waals surface area contributed by atoms with Crippen molar-refractivity contribution in [3.8, 4) is 0 Å². The van der Waals surface area contributed by atoms with E-state index in [2.05, 4.69) is 21.6 Å². The Morgan fingerprint density at radius 1 is 1.41 bits per heavy atom. The summed E-state index contributed by atoms with van der Waals surface area (Å²) in [5.41, 5.74) is 4.99. The van der Waals surface area contributed by atoms with Gasteiger partial charge in [0.15, 0.2) is 0 Å². The Morgan fingerprint density at radius 3 is 3.12 bits per heavy atom. The normalized spacial score (nSPS) is 17.6. The van der Waals surface area contributed by atoms with Gasteiger partial charge in [0.1, 0.15) is 0 Å². The zero-order chi connectivity index (χ0) is 11.8. The summed E-state index contributed by atoms with van der Waals surface area (Å²) < 4.78 is 0. The van der Waals surface area contributed by atoms with Gasteiger partial charge in [0.25, 0.3) is 0 Å². The number of hydrogen-bond donors (Lipinski definition) is 2. The molecule has 4 nitrogen and oxygen atoms in total. The quantitative estimate of drug-likeness (QED) is 0.761. The molecule has 3 rings (SSSR count). The number of nitrogens with zero attached hydrogens (tertiary/aromatic N) is 1. The maximum atomic E-state index is 11.2. The summed E-state index contributed by atoms with van der Waals surface area (Å²) in [6.07, 6.45) is 1.04. The molecule has 4 heteroatoms. The molecule has 0 aromatic heterocycles. The molecule has 17 heavy (non-hydrogen) atoms. The highest BCUT2D eigenvalue weighted by atomic mass is 16.1. The first-order valence-electron chi connectivity index (χ1n) is 6.14. The van der Waals surface area contributed by atoms with Gasteiger partial charge >= 0.3 is 0 Å². The van der Waals surface area contributed by atoms with E-state index in [1.807, 2.05) is 6.07 Å². The fraction of sp³-hybridized carbons (Fsp3) is 0.462. The van der Waals surface area contributed by atoms with Crippen LogP contribution in [0.5, 0.6) is 0 Å². The summed E-state index contributed by atoms with van der Waals surface area (Å²) in [4.78, 5) is 13.6. The molecule has 0 bridgehead atoms. The number of carbonyl (C=O) groups is 1. The van der Waals surface area contributed by atoms with Crippen LogP contribution in [-0.2, 0) is 17.8 Å². The van der Waals surface area contributed by atoms with Crippen LogP contribution < -0.4 is 15.5 Å². The van der Waals surface area contributed by atoms with Gasteiger partial charge in [-0.15, -0.1) is 0 Å². The number of carbonyl (C=O) groups excluding carboxylic acids is 1. The molecule has 0 saturated carbocycles. The van der Waals surface area contributed by atoms with E-state index >= 15 is 0 Å². The summed E-state index contributed by atoms with van der Waals surface area (Å²) in [5, 5.41) is 6.36. The second-order valence-electron chi connectivity index (χ2n) is 4.69. The smallest absolute Gasteiger partial charge is 0.221 e. The Morgan fingerprint density at radius 2 is 2.29 bits per heavy atom. The van der Waals surface area contributed by atoms with Crippen LogP contribution in [0.3, 0.4) is 0 Å². The van der Waals surface area contributed by atoms with Crippen molar-refractivity contribution in [2.24, 2.45) is 0 Å². The molecule has 0 radical (unpaired) electrons. The Labute approximate surface area is 101 Å². The van der Waals surface area contributed by atoms with E-state index < -0.39 is 0 Å². The highest BCUT2D eigenvalue weighted by molar-refractivity contribution is 5.91. The monoisotopic (exact) mass is 231 g/mol. The van der Waals surface area contributed by atoms with Crippen LogP contribution in [0.15, 0.2) is 12.1 Å². The van der Waals surface area contributed by atoms with Gasteiger partial charge < -0.3 is 15.5 Å². The minimum Gasteiger partial charge on any atom is -0.369 e. The molecule has 1 amide bonds. The molecular weight excluding hydrogens is 214 g/mol. The van der Waals surface area contributed by atoms with Gasteiger partial charge in [-0.2, -0.15) is 0 Å². The second-order valence-corrected chi connectivity index (χ2v) is 4.69. The van der Waals surface area contributed by atoms with Crippen molar-refractivity contribution in [2.45, 2.75) is 19.9 Å². The highest BCUT2D eigenvalue weighted by Gasteiger charge is 2.26. The van der Waals surface area contributed by atoms with E-state index in [-0.39, 0.29) is 5.91 Å². The largest absolute Gasteiger partial charge is 0.369 e. The lowest BCUT2D eigenvalue weighted by Crippen LogP contribution is -2.27. The number of benzene rings is 1. The molecule has 2 heterocycles. The van der Waals surface area contributed by atoms with E-state index in [1.54, 1.807) is 6.92 Å². The molecule has 0 unspecified atom stereocenters. The van der Waals surface area contributed by atoms with E-state index in [9.17, 15) is 4.79 Å². The van der Waals surface area contributed by atoms with E-state index in [1.165, 1.54) is 16.8 Å². The molecule has 0 saturated heterocycles. The molecule has 1 aromatic rings. The molecule has 0 fully saturated rings. The summed E-state index contributed by atoms with van der Waals surface area (Å²) in [6.45, 7) is 5.65. The summed E-state index contributed by atoms with van der Waals surface area (Å²) in [6, 6.07) is 4.16. The van der Waals surface area contributed by atoms with Crippen LogP contribution in [0.4, 0.5) is 11.4 Å². The van der Waals surface area contributed by atoms with Crippen LogP contribution >= 0.6 is 0 Å². The van der Waals surface area contributed by atoms with Gasteiger partial charge in [0, 0.05) is 50.0 Å². The Kier molecular flexibility index (Phi) is 2.52. The summed E-state index contributed by atoms with van der Waals surface area (Å²) in [5.74, 6) is 0.00592. The maximum Gasteiger partial charge on any atom is 0.221 e. The molecule has 2 N–H and O–H groups in total. The maximum absolute atomic E-state index is 11.2. The van der Waals surface area contributed by atoms with Gasteiger partial charge in [-0.25, -0.2) is 0 Å². The van der Waals surface area contributed by atoms with Crippen molar-refractivity contribution in [1.29, 1.82) is 0 Å². The number of rotatable bonds is 1. The molecular formula is C13H17N3O.